The molecule has 8 heteroatoms. The van der Waals surface area contributed by atoms with Crippen LogP contribution in [-0.2, 0) is 11.8 Å². The summed E-state index contributed by atoms with van der Waals surface area (Å²) in [6.07, 6.45) is 1.17. The molecule has 1 aromatic carbocycles. The van der Waals surface area contributed by atoms with Crippen LogP contribution in [-0.4, -0.2) is 53.2 Å². The molecule has 1 aliphatic heterocycles. The maximum absolute atomic E-state index is 13.5. The number of ketones is 1. The Balaban J connectivity index is 1.74. The van der Waals surface area contributed by atoms with E-state index >= 15 is 0 Å². The highest BCUT2D eigenvalue weighted by atomic mass is 19.1. The van der Waals surface area contributed by atoms with Crippen molar-refractivity contribution in [1.29, 1.82) is 0 Å². The van der Waals surface area contributed by atoms with Crippen molar-refractivity contribution in [2.45, 2.75) is 39.7 Å². The molecule has 1 saturated heterocycles. The van der Waals surface area contributed by atoms with Gasteiger partial charge in [0, 0.05) is 44.5 Å². The van der Waals surface area contributed by atoms with Crippen LogP contribution in [0.5, 0.6) is 0 Å². The van der Waals surface area contributed by atoms with Crippen LogP contribution in [0.25, 0.3) is 0 Å². The van der Waals surface area contributed by atoms with Crippen molar-refractivity contribution >= 4 is 23.3 Å². The predicted octanol–water partition coefficient (Wildman–Crippen LogP) is 2.73. The summed E-state index contributed by atoms with van der Waals surface area (Å²) in [4.78, 5) is 39.4. The van der Waals surface area contributed by atoms with Crippen LogP contribution < -0.4 is 10.6 Å². The first-order chi connectivity index (χ1) is 14.6. The molecule has 2 aromatic rings. The van der Waals surface area contributed by atoms with Crippen molar-refractivity contribution < 1.29 is 18.8 Å². The molecule has 0 radical (unpaired) electrons. The Kier molecular flexibility index (Phi) is 6.59. The Bertz CT molecular complexity index is 1040. The molecule has 1 unspecified atom stereocenters. The van der Waals surface area contributed by atoms with Crippen LogP contribution in [0.2, 0.25) is 0 Å². The van der Waals surface area contributed by atoms with Crippen molar-refractivity contribution in [2.24, 2.45) is 7.05 Å². The second-order valence-electron chi connectivity index (χ2n) is 8.22. The topological polar surface area (TPSA) is 83.4 Å². The zero-order chi connectivity index (χ0) is 22.9. The van der Waals surface area contributed by atoms with Gasteiger partial charge in [0.05, 0.1) is 17.8 Å². The number of hydrogen-bond acceptors (Lipinski definition) is 4. The number of likely N-dealkylation sites (tertiary alicyclic amines) is 1. The Hall–Kier alpha value is -3.00. The average molecular weight is 429 g/mol. The van der Waals surface area contributed by atoms with Gasteiger partial charge in [-0.2, -0.15) is 0 Å². The fourth-order valence-electron chi connectivity index (χ4n) is 4.06. The molecule has 1 atom stereocenters. The molecule has 166 valence electrons. The highest BCUT2D eigenvalue weighted by Crippen LogP contribution is 2.24. The quantitative estimate of drug-likeness (QED) is 0.693. The van der Waals surface area contributed by atoms with E-state index in [9.17, 15) is 18.8 Å². The smallest absolute Gasteiger partial charge is 0.257 e. The average Bonchev–Trinajstić information content (AvgIpc) is 2.94. The fourth-order valence-corrected chi connectivity index (χ4v) is 4.06. The molecule has 1 aliphatic rings. The van der Waals surface area contributed by atoms with Crippen LogP contribution in [0, 0.1) is 26.6 Å². The van der Waals surface area contributed by atoms with E-state index in [4.69, 9.17) is 0 Å². The predicted molar refractivity (Wildman–Crippen MR) is 117 cm³/mol. The van der Waals surface area contributed by atoms with E-state index < -0.39 is 0 Å². The van der Waals surface area contributed by atoms with Gasteiger partial charge in [0.2, 0.25) is 5.91 Å². The van der Waals surface area contributed by atoms with E-state index in [2.05, 4.69) is 10.6 Å². The highest BCUT2D eigenvalue weighted by molar-refractivity contribution is 6.09. The third-order valence-corrected chi connectivity index (χ3v) is 6.05. The summed E-state index contributed by atoms with van der Waals surface area (Å²) in [5, 5.41) is 5.98. The minimum absolute atomic E-state index is 0.0289. The van der Waals surface area contributed by atoms with Crippen molar-refractivity contribution in [3.05, 3.63) is 52.1 Å². The number of aryl methyl sites for hydroxylation is 1. The molecular weight excluding hydrogens is 399 g/mol. The lowest BCUT2D eigenvalue weighted by molar-refractivity contribution is -0.132. The molecule has 31 heavy (non-hydrogen) atoms. The lowest BCUT2D eigenvalue weighted by atomic mass is 10.0. The molecule has 0 aliphatic carbocycles. The number of Topliss-reactive ketones (excluding diaryl/α,β-unsaturated/α-hetero) is 1. The van der Waals surface area contributed by atoms with Gasteiger partial charge in [-0.25, -0.2) is 4.39 Å². The Morgan fingerprint density at radius 2 is 1.90 bits per heavy atom. The number of carbonyl (C=O) groups excluding carboxylic acids is 3. The number of carbonyl (C=O) groups is 3. The first-order valence-electron chi connectivity index (χ1n) is 10.3. The number of nitrogens with one attached hydrogen (secondary N) is 2. The van der Waals surface area contributed by atoms with Crippen LogP contribution >= 0.6 is 0 Å². The van der Waals surface area contributed by atoms with Crippen molar-refractivity contribution in [3.63, 3.8) is 0 Å². The molecule has 2 heterocycles. The molecule has 7 nitrogen and oxygen atoms in total. The Labute approximate surface area is 181 Å². The van der Waals surface area contributed by atoms with E-state index in [1.807, 2.05) is 0 Å². The van der Waals surface area contributed by atoms with E-state index in [0.29, 0.717) is 46.7 Å². The maximum Gasteiger partial charge on any atom is 0.257 e. The van der Waals surface area contributed by atoms with Crippen molar-refractivity contribution in [1.82, 2.24) is 14.8 Å². The number of piperidine rings is 1. The monoisotopic (exact) mass is 428 g/mol. The van der Waals surface area contributed by atoms with Crippen LogP contribution in [0.4, 0.5) is 10.1 Å². The second kappa shape index (κ2) is 9.01. The number of benzene rings is 1. The number of halogens is 1. The first-order valence-corrected chi connectivity index (χ1v) is 10.3. The molecule has 2 N–H and O–H groups in total. The van der Waals surface area contributed by atoms with Crippen LogP contribution in [0.1, 0.15) is 50.5 Å². The van der Waals surface area contributed by atoms with Gasteiger partial charge in [-0.1, -0.05) is 0 Å². The minimum Gasteiger partial charge on any atom is -0.346 e. The third-order valence-electron chi connectivity index (χ3n) is 6.05. The molecule has 1 fully saturated rings. The van der Waals surface area contributed by atoms with Gasteiger partial charge in [-0.15, -0.1) is 0 Å². The summed E-state index contributed by atoms with van der Waals surface area (Å²) in [7, 11) is 3.53. The standard InChI is InChI=1S/C23H29FN4O3/c1-13-10-17(6-7-18(13)24)26-23(31)21-14(2)22(28(5)15(21)3)19(29)12-25-16-8-9-27(4)20(30)11-16/h6-7,10,16,25H,8-9,11-12H2,1-5H3,(H,26,31). The van der Waals surface area contributed by atoms with Crippen molar-refractivity contribution in [3.8, 4) is 0 Å². The number of aromatic nitrogens is 1. The van der Waals surface area contributed by atoms with Gasteiger partial charge < -0.3 is 20.1 Å². The number of amides is 2. The molecule has 3 rings (SSSR count). The Morgan fingerprint density at radius 1 is 1.19 bits per heavy atom. The van der Waals surface area contributed by atoms with Gasteiger partial charge in [0.1, 0.15) is 5.82 Å². The largest absolute Gasteiger partial charge is 0.346 e. The van der Waals surface area contributed by atoms with Gasteiger partial charge in [0.25, 0.3) is 5.91 Å². The summed E-state index contributed by atoms with van der Waals surface area (Å²) < 4.78 is 15.2. The van der Waals surface area contributed by atoms with E-state index in [0.717, 1.165) is 6.42 Å². The summed E-state index contributed by atoms with van der Waals surface area (Å²) in [5.41, 5.74) is 3.10. The number of nitrogens with zero attached hydrogens (tertiary/aromatic N) is 2. The van der Waals surface area contributed by atoms with E-state index in [1.54, 1.807) is 50.4 Å². The van der Waals surface area contributed by atoms with Gasteiger partial charge in [0.15, 0.2) is 5.78 Å². The zero-order valence-corrected chi connectivity index (χ0v) is 18.6. The third kappa shape index (κ3) is 4.69. The first kappa shape index (κ1) is 22.7. The maximum atomic E-state index is 13.5. The van der Waals surface area contributed by atoms with Gasteiger partial charge >= 0.3 is 0 Å². The summed E-state index contributed by atoms with van der Waals surface area (Å²) in [5.74, 6) is -0.746. The summed E-state index contributed by atoms with van der Waals surface area (Å²) in [6.45, 7) is 5.94. The number of hydrogen-bond donors (Lipinski definition) is 2. The molecular formula is C23H29FN4O3. The molecule has 1 aromatic heterocycles. The lowest BCUT2D eigenvalue weighted by Crippen LogP contribution is -2.45. The van der Waals surface area contributed by atoms with E-state index in [-0.39, 0.29) is 36.0 Å². The SMILES string of the molecule is Cc1cc(NC(=O)c2c(C)c(C(=O)CNC3CCN(C)C(=O)C3)n(C)c2C)ccc1F. The van der Waals surface area contributed by atoms with Gasteiger partial charge in [-0.3, -0.25) is 14.4 Å². The van der Waals surface area contributed by atoms with Crippen LogP contribution in [0.3, 0.4) is 0 Å². The van der Waals surface area contributed by atoms with Crippen LogP contribution in [0.15, 0.2) is 18.2 Å². The summed E-state index contributed by atoms with van der Waals surface area (Å²) >= 11 is 0. The molecule has 2 amide bonds. The number of rotatable bonds is 6. The van der Waals surface area contributed by atoms with E-state index in [1.165, 1.54) is 12.1 Å². The summed E-state index contributed by atoms with van der Waals surface area (Å²) in [6, 6.07) is 4.36. The van der Waals surface area contributed by atoms with Gasteiger partial charge in [-0.05, 0) is 56.5 Å². The fraction of sp³-hybridized carbons (Fsp3) is 0.435. The number of anilines is 1. The Morgan fingerprint density at radius 3 is 2.55 bits per heavy atom. The van der Waals surface area contributed by atoms with Crippen molar-refractivity contribution in [2.75, 3.05) is 25.5 Å². The molecule has 0 saturated carbocycles. The second-order valence-corrected chi connectivity index (χ2v) is 8.22. The minimum atomic E-state index is -0.343. The molecule has 0 spiro atoms. The normalized spacial score (nSPS) is 16.5. The zero-order valence-electron chi connectivity index (χ0n) is 18.6. The highest BCUT2D eigenvalue weighted by Gasteiger charge is 2.27. The lowest BCUT2D eigenvalue weighted by Gasteiger charge is -2.29. The molecule has 0 bridgehead atoms.